The molecule has 6 nitrogen and oxygen atoms in total. The molecule has 0 spiro atoms. The van der Waals surface area contributed by atoms with E-state index in [4.69, 9.17) is 9.47 Å². The van der Waals surface area contributed by atoms with Gasteiger partial charge in [-0.15, -0.1) is 0 Å². The monoisotopic (exact) mass is 332 g/mol. The van der Waals surface area contributed by atoms with Crippen molar-refractivity contribution in [2.24, 2.45) is 0 Å². The summed E-state index contributed by atoms with van der Waals surface area (Å²) in [7, 11) is -1.89. The van der Waals surface area contributed by atoms with Crippen LogP contribution in [0.3, 0.4) is 0 Å². The molecule has 0 bridgehead atoms. The second kappa shape index (κ2) is 7.19. The summed E-state index contributed by atoms with van der Waals surface area (Å²) in [6.07, 6.45) is 1.63. The SMILES string of the molecule is CCCc1c(O)c(C(C)CC)c(OC)c(OC)c1S(=O)(=O)O. The summed E-state index contributed by atoms with van der Waals surface area (Å²) in [5.41, 5.74) is 0.663. The highest BCUT2D eigenvalue weighted by Gasteiger charge is 2.32. The molecule has 0 fully saturated rings. The average Bonchev–Trinajstić information content (AvgIpc) is 2.46. The van der Waals surface area contributed by atoms with Gasteiger partial charge in [-0.3, -0.25) is 4.55 Å². The normalized spacial score (nSPS) is 13.0. The molecule has 1 rings (SSSR count). The molecule has 0 saturated heterocycles. The summed E-state index contributed by atoms with van der Waals surface area (Å²) < 4.78 is 43.6. The lowest BCUT2D eigenvalue weighted by Gasteiger charge is -2.23. The molecule has 126 valence electrons. The van der Waals surface area contributed by atoms with Crippen LogP contribution >= 0.6 is 0 Å². The molecule has 0 aliphatic rings. The van der Waals surface area contributed by atoms with E-state index in [-0.39, 0.29) is 28.7 Å². The number of aromatic hydroxyl groups is 1. The van der Waals surface area contributed by atoms with Gasteiger partial charge >= 0.3 is 0 Å². The molecule has 0 heterocycles. The first kappa shape index (κ1) is 18.6. The Bertz CT molecular complexity index is 636. The van der Waals surface area contributed by atoms with Crippen molar-refractivity contribution in [3.8, 4) is 17.2 Å². The summed E-state index contributed by atoms with van der Waals surface area (Å²) in [4.78, 5) is -0.418. The summed E-state index contributed by atoms with van der Waals surface area (Å²) >= 11 is 0. The maximum atomic E-state index is 11.8. The minimum absolute atomic E-state index is 0.0603. The third kappa shape index (κ3) is 3.30. The lowest BCUT2D eigenvalue weighted by atomic mass is 9.92. The summed E-state index contributed by atoms with van der Waals surface area (Å²) in [5, 5.41) is 10.6. The molecule has 22 heavy (non-hydrogen) atoms. The molecule has 7 heteroatoms. The van der Waals surface area contributed by atoms with Crippen molar-refractivity contribution in [3.05, 3.63) is 11.1 Å². The Morgan fingerprint density at radius 3 is 2.05 bits per heavy atom. The highest BCUT2D eigenvalue weighted by molar-refractivity contribution is 7.86. The molecule has 1 atom stereocenters. The fourth-order valence-electron chi connectivity index (χ4n) is 2.54. The van der Waals surface area contributed by atoms with Crippen LogP contribution in [0.1, 0.15) is 50.7 Å². The van der Waals surface area contributed by atoms with Crippen LogP contribution in [0.15, 0.2) is 4.90 Å². The second-order valence-electron chi connectivity index (χ2n) is 5.17. The predicted molar refractivity (Wildman–Crippen MR) is 83.7 cm³/mol. The van der Waals surface area contributed by atoms with Crippen molar-refractivity contribution in [3.63, 3.8) is 0 Å². The van der Waals surface area contributed by atoms with E-state index < -0.39 is 15.0 Å². The summed E-state index contributed by atoms with van der Waals surface area (Å²) in [6.45, 7) is 5.71. The number of hydrogen-bond acceptors (Lipinski definition) is 5. The zero-order valence-corrected chi connectivity index (χ0v) is 14.5. The minimum Gasteiger partial charge on any atom is -0.507 e. The van der Waals surface area contributed by atoms with E-state index in [2.05, 4.69) is 0 Å². The van der Waals surface area contributed by atoms with Crippen LogP contribution in [0.2, 0.25) is 0 Å². The first-order chi connectivity index (χ1) is 10.2. The summed E-state index contributed by atoms with van der Waals surface area (Å²) in [6, 6.07) is 0. The minimum atomic E-state index is -4.57. The van der Waals surface area contributed by atoms with Crippen LogP contribution in [0.25, 0.3) is 0 Å². The first-order valence-corrected chi connectivity index (χ1v) is 8.65. The van der Waals surface area contributed by atoms with Gasteiger partial charge in [0.05, 0.1) is 14.2 Å². The van der Waals surface area contributed by atoms with E-state index in [1.54, 1.807) is 0 Å². The van der Waals surface area contributed by atoms with Gasteiger partial charge in [0.1, 0.15) is 10.6 Å². The zero-order chi connectivity index (χ0) is 17.1. The number of methoxy groups -OCH3 is 2. The molecule has 0 radical (unpaired) electrons. The van der Waals surface area contributed by atoms with Gasteiger partial charge in [-0.2, -0.15) is 8.42 Å². The highest BCUT2D eigenvalue weighted by Crippen LogP contribution is 2.49. The van der Waals surface area contributed by atoms with E-state index >= 15 is 0 Å². The largest absolute Gasteiger partial charge is 0.507 e. The second-order valence-corrected chi connectivity index (χ2v) is 6.53. The van der Waals surface area contributed by atoms with Crippen LogP contribution < -0.4 is 9.47 Å². The third-order valence-corrected chi connectivity index (χ3v) is 4.69. The summed E-state index contributed by atoms with van der Waals surface area (Å²) in [5.74, 6) is -0.139. The zero-order valence-electron chi connectivity index (χ0n) is 13.6. The Morgan fingerprint density at radius 1 is 1.14 bits per heavy atom. The average molecular weight is 332 g/mol. The lowest BCUT2D eigenvalue weighted by Crippen LogP contribution is -2.11. The van der Waals surface area contributed by atoms with Crippen LogP contribution in [0.4, 0.5) is 0 Å². The van der Waals surface area contributed by atoms with Gasteiger partial charge in [-0.1, -0.05) is 27.2 Å². The first-order valence-electron chi connectivity index (χ1n) is 7.21. The Labute approximate surface area is 131 Å². The molecule has 0 aliphatic heterocycles. The third-order valence-electron chi connectivity index (χ3n) is 3.74. The number of hydrogen-bond donors (Lipinski definition) is 2. The van der Waals surface area contributed by atoms with Gasteiger partial charge in [-0.05, 0) is 18.8 Å². The van der Waals surface area contributed by atoms with E-state index in [1.807, 2.05) is 20.8 Å². The molecule has 2 N–H and O–H groups in total. The van der Waals surface area contributed by atoms with Gasteiger partial charge in [0, 0.05) is 11.1 Å². The standard InChI is InChI=1S/C15H24O6S/c1-6-8-10-12(16)11(9(3)7-2)13(20-4)14(21-5)15(10)22(17,18)19/h9,16H,6-8H2,1-5H3,(H,17,18,19). The van der Waals surface area contributed by atoms with Crippen molar-refractivity contribution >= 4 is 10.1 Å². The van der Waals surface area contributed by atoms with Crippen molar-refractivity contribution in [1.29, 1.82) is 0 Å². The fourth-order valence-corrected chi connectivity index (χ4v) is 3.46. The molecular formula is C15H24O6S. The molecule has 0 aromatic heterocycles. The van der Waals surface area contributed by atoms with Crippen LogP contribution in [-0.4, -0.2) is 32.3 Å². The van der Waals surface area contributed by atoms with E-state index in [1.165, 1.54) is 14.2 Å². The molecule has 1 unspecified atom stereocenters. The van der Waals surface area contributed by atoms with E-state index in [9.17, 15) is 18.1 Å². The van der Waals surface area contributed by atoms with Gasteiger partial charge in [0.25, 0.3) is 10.1 Å². The molecule has 0 amide bonds. The maximum Gasteiger partial charge on any atom is 0.298 e. The van der Waals surface area contributed by atoms with Gasteiger partial charge in [-0.25, -0.2) is 0 Å². The molecule has 0 saturated carbocycles. The van der Waals surface area contributed by atoms with Crippen molar-refractivity contribution in [2.45, 2.75) is 50.8 Å². The fraction of sp³-hybridized carbons (Fsp3) is 0.600. The van der Waals surface area contributed by atoms with E-state index in [0.717, 1.165) is 6.42 Å². The molecule has 1 aromatic carbocycles. The smallest absolute Gasteiger partial charge is 0.298 e. The van der Waals surface area contributed by atoms with Gasteiger partial charge in [0.2, 0.25) is 0 Å². The molecular weight excluding hydrogens is 308 g/mol. The lowest BCUT2D eigenvalue weighted by molar-refractivity contribution is 0.331. The maximum absolute atomic E-state index is 11.8. The number of phenols is 1. The number of phenolic OH excluding ortho intramolecular Hbond substituents is 1. The Hall–Kier alpha value is -1.47. The quantitative estimate of drug-likeness (QED) is 0.745. The van der Waals surface area contributed by atoms with Crippen molar-refractivity contribution in [2.75, 3.05) is 14.2 Å². The van der Waals surface area contributed by atoms with E-state index in [0.29, 0.717) is 18.4 Å². The van der Waals surface area contributed by atoms with Crippen LogP contribution in [0, 0.1) is 0 Å². The van der Waals surface area contributed by atoms with Crippen LogP contribution in [-0.2, 0) is 16.5 Å². The Morgan fingerprint density at radius 2 is 1.68 bits per heavy atom. The Kier molecular flexibility index (Phi) is 6.08. The highest BCUT2D eigenvalue weighted by atomic mass is 32.2. The van der Waals surface area contributed by atoms with Crippen molar-refractivity contribution < 1.29 is 27.6 Å². The van der Waals surface area contributed by atoms with Crippen LogP contribution in [0.5, 0.6) is 17.2 Å². The number of rotatable bonds is 7. The Balaban J connectivity index is 3.98. The van der Waals surface area contributed by atoms with Gasteiger partial charge in [0.15, 0.2) is 11.5 Å². The predicted octanol–water partition coefficient (Wildman–Crippen LogP) is 3.12. The van der Waals surface area contributed by atoms with Crippen molar-refractivity contribution in [1.82, 2.24) is 0 Å². The number of benzene rings is 1. The molecule has 0 aliphatic carbocycles. The topological polar surface area (TPSA) is 93.1 Å². The van der Waals surface area contributed by atoms with Gasteiger partial charge < -0.3 is 14.6 Å². The number of ether oxygens (including phenoxy) is 2. The molecule has 1 aromatic rings.